The van der Waals surface area contributed by atoms with Gasteiger partial charge in [0.15, 0.2) is 5.82 Å². The monoisotopic (exact) mass is 489 g/mol. The highest BCUT2D eigenvalue weighted by Gasteiger charge is 2.28. The summed E-state index contributed by atoms with van der Waals surface area (Å²) in [6.45, 7) is 3.47. The zero-order valence-corrected chi connectivity index (χ0v) is 20.2. The molecule has 0 saturated heterocycles. The molecule has 0 spiro atoms. The second-order valence-electron chi connectivity index (χ2n) is 7.39. The van der Waals surface area contributed by atoms with Crippen LogP contribution in [0.1, 0.15) is 43.1 Å². The highest BCUT2D eigenvalue weighted by molar-refractivity contribution is 7.18. The summed E-state index contributed by atoms with van der Waals surface area (Å²) < 4.78 is 6.74. The van der Waals surface area contributed by atoms with Crippen molar-refractivity contribution in [3.05, 3.63) is 82.5 Å². The van der Waals surface area contributed by atoms with Crippen LogP contribution < -0.4 is 10.6 Å². The normalized spacial score (nSPS) is 10.6. The number of para-hydroxylation sites is 1. The van der Waals surface area contributed by atoms with Gasteiger partial charge in [0.2, 0.25) is 5.82 Å². The Kier molecular flexibility index (Phi) is 7.02. The van der Waals surface area contributed by atoms with Crippen molar-refractivity contribution in [1.82, 2.24) is 20.1 Å². The number of aromatic nitrogens is 3. The van der Waals surface area contributed by atoms with Crippen LogP contribution in [0.25, 0.3) is 17.1 Å². The minimum absolute atomic E-state index is 0.0879. The first-order chi connectivity index (χ1) is 16.9. The van der Waals surface area contributed by atoms with E-state index in [9.17, 15) is 14.4 Å². The van der Waals surface area contributed by atoms with E-state index in [1.54, 1.807) is 18.5 Å². The number of thiophene rings is 1. The third kappa shape index (κ3) is 4.82. The summed E-state index contributed by atoms with van der Waals surface area (Å²) in [6.07, 6.45) is 0. The second-order valence-corrected chi connectivity index (χ2v) is 8.41. The van der Waals surface area contributed by atoms with E-state index in [4.69, 9.17) is 4.74 Å². The molecule has 0 fully saturated rings. The Morgan fingerprint density at radius 3 is 2.29 bits per heavy atom. The van der Waals surface area contributed by atoms with Gasteiger partial charge in [-0.1, -0.05) is 48.5 Å². The molecular weight excluding hydrogens is 466 g/mol. The van der Waals surface area contributed by atoms with E-state index in [0.29, 0.717) is 16.3 Å². The van der Waals surface area contributed by atoms with Crippen LogP contribution in [0.15, 0.2) is 60.7 Å². The Bertz CT molecular complexity index is 1320. The maximum absolute atomic E-state index is 13.2. The van der Waals surface area contributed by atoms with E-state index in [1.807, 2.05) is 60.7 Å². The molecule has 0 aliphatic rings. The van der Waals surface area contributed by atoms with Crippen LogP contribution in [0, 0.1) is 6.92 Å². The number of ether oxygens (including phenoxy) is 1. The van der Waals surface area contributed by atoms with Crippen LogP contribution in [0.5, 0.6) is 0 Å². The van der Waals surface area contributed by atoms with Gasteiger partial charge in [0, 0.05) is 12.6 Å². The highest BCUT2D eigenvalue weighted by atomic mass is 32.1. The summed E-state index contributed by atoms with van der Waals surface area (Å²) in [6, 6.07) is 18.7. The van der Waals surface area contributed by atoms with Crippen LogP contribution in [0.4, 0.5) is 5.00 Å². The summed E-state index contributed by atoms with van der Waals surface area (Å²) in [5.74, 6) is -1.21. The molecule has 4 rings (SSSR count). The Balaban J connectivity index is 1.75. The largest absolute Gasteiger partial charge is 0.462 e. The van der Waals surface area contributed by atoms with Gasteiger partial charge in [-0.25, -0.2) is 14.5 Å². The van der Waals surface area contributed by atoms with Gasteiger partial charge in [-0.05, 0) is 31.5 Å². The molecule has 0 unspecified atom stereocenters. The molecule has 2 heterocycles. The smallest absolute Gasteiger partial charge is 0.341 e. The molecule has 2 aromatic heterocycles. The zero-order chi connectivity index (χ0) is 24.9. The van der Waals surface area contributed by atoms with Crippen molar-refractivity contribution >= 4 is 34.1 Å². The summed E-state index contributed by atoms with van der Waals surface area (Å²) in [5, 5.41) is 9.90. The molecule has 4 aromatic rings. The van der Waals surface area contributed by atoms with Crippen LogP contribution >= 0.6 is 11.3 Å². The van der Waals surface area contributed by atoms with E-state index < -0.39 is 11.9 Å². The Labute approximate surface area is 205 Å². The van der Waals surface area contributed by atoms with Crippen molar-refractivity contribution in [3.8, 4) is 17.1 Å². The predicted molar refractivity (Wildman–Crippen MR) is 133 cm³/mol. The number of hydrogen-bond acceptors (Lipinski definition) is 7. The summed E-state index contributed by atoms with van der Waals surface area (Å²) in [7, 11) is 1.50. The summed E-state index contributed by atoms with van der Waals surface area (Å²) >= 11 is 0.993. The molecule has 0 atom stereocenters. The molecule has 0 bridgehead atoms. The first-order valence-electron chi connectivity index (χ1n) is 10.9. The van der Waals surface area contributed by atoms with Gasteiger partial charge in [-0.3, -0.25) is 9.59 Å². The van der Waals surface area contributed by atoms with Crippen LogP contribution in [-0.4, -0.2) is 46.2 Å². The Hall–Kier alpha value is -4.31. The fourth-order valence-corrected chi connectivity index (χ4v) is 4.61. The van der Waals surface area contributed by atoms with Crippen LogP contribution in [0.3, 0.4) is 0 Å². The van der Waals surface area contributed by atoms with Gasteiger partial charge in [0.1, 0.15) is 5.00 Å². The van der Waals surface area contributed by atoms with Gasteiger partial charge in [-0.15, -0.1) is 16.4 Å². The SMILES string of the molecule is CCOC(=O)c1c(NC(=O)c2nc(-c3ccccc3)n(-c3ccccc3)n2)sc(C(=O)NC)c1C. The number of nitrogens with one attached hydrogen (secondary N) is 2. The van der Waals surface area contributed by atoms with Gasteiger partial charge in [0.05, 0.1) is 22.7 Å². The number of anilines is 1. The van der Waals surface area contributed by atoms with Crippen molar-refractivity contribution in [1.29, 1.82) is 0 Å². The molecule has 10 heteroatoms. The van der Waals surface area contributed by atoms with Crippen molar-refractivity contribution in [2.24, 2.45) is 0 Å². The number of carbonyl (C=O) groups is 3. The number of carbonyl (C=O) groups excluding carboxylic acids is 3. The first kappa shape index (κ1) is 23.8. The van der Waals surface area contributed by atoms with Crippen molar-refractivity contribution in [3.63, 3.8) is 0 Å². The number of nitrogens with zero attached hydrogens (tertiary/aromatic N) is 3. The number of rotatable bonds is 7. The topological polar surface area (TPSA) is 115 Å². The maximum Gasteiger partial charge on any atom is 0.341 e. The standard InChI is InChI=1S/C25H23N5O4S/c1-4-34-25(33)18-15(2)19(22(31)26-3)35-24(18)28-23(32)20-27-21(16-11-7-5-8-12-16)30(29-20)17-13-9-6-10-14-17/h5-14H,4H2,1-3H3,(H,26,31)(H,28,32). The minimum atomic E-state index is -0.626. The van der Waals surface area contributed by atoms with E-state index in [-0.39, 0.29) is 28.9 Å². The average molecular weight is 490 g/mol. The molecule has 2 amide bonds. The summed E-state index contributed by atoms with van der Waals surface area (Å²) in [4.78, 5) is 43.0. The van der Waals surface area contributed by atoms with Crippen LogP contribution in [0.2, 0.25) is 0 Å². The van der Waals surface area contributed by atoms with Crippen molar-refractivity contribution < 1.29 is 19.1 Å². The fourth-order valence-electron chi connectivity index (χ4n) is 3.47. The second kappa shape index (κ2) is 10.3. The van der Waals surface area contributed by atoms with Gasteiger partial charge < -0.3 is 15.4 Å². The number of hydrogen-bond donors (Lipinski definition) is 2. The third-order valence-corrected chi connectivity index (χ3v) is 6.34. The first-order valence-corrected chi connectivity index (χ1v) is 11.7. The van der Waals surface area contributed by atoms with Crippen molar-refractivity contribution in [2.45, 2.75) is 13.8 Å². The lowest BCUT2D eigenvalue weighted by Gasteiger charge is -2.06. The number of benzene rings is 2. The molecular formula is C25H23N5O4S. The Morgan fingerprint density at radius 2 is 1.66 bits per heavy atom. The van der Waals surface area contributed by atoms with E-state index >= 15 is 0 Å². The molecule has 9 nitrogen and oxygen atoms in total. The average Bonchev–Trinajstić information content (AvgIpc) is 3.46. The molecule has 178 valence electrons. The maximum atomic E-state index is 13.2. The Morgan fingerprint density at radius 1 is 1.00 bits per heavy atom. The number of amides is 2. The van der Waals surface area contributed by atoms with E-state index in [0.717, 1.165) is 22.6 Å². The lowest BCUT2D eigenvalue weighted by Crippen LogP contribution is -2.18. The van der Waals surface area contributed by atoms with Gasteiger partial charge in [0.25, 0.3) is 11.8 Å². The molecule has 0 saturated carbocycles. The molecule has 35 heavy (non-hydrogen) atoms. The molecule has 0 aliphatic carbocycles. The van der Waals surface area contributed by atoms with Gasteiger partial charge >= 0.3 is 5.97 Å². The lowest BCUT2D eigenvalue weighted by molar-refractivity contribution is 0.0527. The lowest BCUT2D eigenvalue weighted by atomic mass is 10.1. The number of esters is 1. The third-order valence-electron chi connectivity index (χ3n) is 5.13. The molecule has 0 aliphatic heterocycles. The quantitative estimate of drug-likeness (QED) is 0.378. The zero-order valence-electron chi connectivity index (χ0n) is 19.4. The molecule has 2 N–H and O–H groups in total. The molecule has 0 radical (unpaired) electrons. The molecule has 2 aromatic carbocycles. The minimum Gasteiger partial charge on any atom is -0.462 e. The summed E-state index contributed by atoms with van der Waals surface area (Å²) in [5.41, 5.74) is 2.08. The van der Waals surface area contributed by atoms with E-state index in [2.05, 4.69) is 20.7 Å². The predicted octanol–water partition coefficient (Wildman–Crippen LogP) is 4.09. The van der Waals surface area contributed by atoms with E-state index in [1.165, 1.54) is 7.05 Å². The fraction of sp³-hybridized carbons (Fsp3) is 0.160. The van der Waals surface area contributed by atoms with Crippen LogP contribution in [-0.2, 0) is 4.74 Å². The highest BCUT2D eigenvalue weighted by Crippen LogP contribution is 2.34. The van der Waals surface area contributed by atoms with Crippen molar-refractivity contribution in [2.75, 3.05) is 19.0 Å². The van der Waals surface area contributed by atoms with Gasteiger partial charge in [-0.2, -0.15) is 0 Å².